The number of rotatable bonds is 5. The van der Waals surface area contributed by atoms with Gasteiger partial charge in [-0.05, 0) is 41.0 Å². The second-order valence-corrected chi connectivity index (χ2v) is 10.1. The van der Waals surface area contributed by atoms with Gasteiger partial charge in [-0.1, -0.05) is 19.1 Å². The zero-order valence-electron chi connectivity index (χ0n) is 18.1. The summed E-state index contributed by atoms with van der Waals surface area (Å²) in [5.41, 5.74) is 4.89. The Morgan fingerprint density at radius 1 is 1.09 bits per heavy atom. The molecule has 8 heteroatoms. The van der Waals surface area contributed by atoms with Gasteiger partial charge in [0.15, 0.2) is 21.4 Å². The van der Waals surface area contributed by atoms with E-state index in [-0.39, 0.29) is 29.4 Å². The van der Waals surface area contributed by atoms with Gasteiger partial charge in [0.1, 0.15) is 0 Å². The molecule has 6 nitrogen and oxygen atoms in total. The zero-order valence-corrected chi connectivity index (χ0v) is 18.9. The topological polar surface area (TPSA) is 77.7 Å². The van der Waals surface area contributed by atoms with E-state index < -0.39 is 15.7 Å². The molecule has 2 heterocycles. The molecule has 1 aromatic heterocycles. The molecule has 3 aromatic rings. The van der Waals surface area contributed by atoms with E-state index in [9.17, 15) is 17.6 Å². The smallest absolute Gasteiger partial charge is 0.250 e. The van der Waals surface area contributed by atoms with Crippen molar-refractivity contribution in [3.05, 3.63) is 87.1 Å². The number of aliphatic imine (C=N–C) groups is 1. The molecule has 4 rings (SSSR count). The second-order valence-electron chi connectivity index (χ2n) is 7.73. The molecule has 0 atom stereocenters. The first-order chi connectivity index (χ1) is 15.2. The largest absolute Gasteiger partial charge is 0.494 e. The van der Waals surface area contributed by atoms with Crippen LogP contribution < -0.4 is 10.3 Å². The van der Waals surface area contributed by atoms with Gasteiger partial charge >= 0.3 is 0 Å². The van der Waals surface area contributed by atoms with Crippen LogP contribution in [0, 0.1) is 5.82 Å². The predicted octanol–water partition coefficient (Wildman–Crippen LogP) is 3.49. The monoisotopic (exact) mass is 454 g/mol. The van der Waals surface area contributed by atoms with Gasteiger partial charge in [-0.2, -0.15) is 0 Å². The van der Waals surface area contributed by atoms with Gasteiger partial charge in [-0.3, -0.25) is 9.79 Å². The number of hydrogen-bond acceptors (Lipinski definition) is 5. The molecule has 0 spiro atoms. The van der Waals surface area contributed by atoms with Gasteiger partial charge in [0.2, 0.25) is 0 Å². The normalized spacial score (nSPS) is 13.1. The second kappa shape index (κ2) is 8.35. The lowest BCUT2D eigenvalue weighted by Gasteiger charge is -2.15. The fourth-order valence-corrected chi connectivity index (χ4v) is 4.70. The fraction of sp³-hybridized carbons (Fsp3) is 0.250. The average molecular weight is 455 g/mol. The molecule has 0 N–H and O–H groups in total. The molecule has 1 aliphatic rings. The number of nitrogens with zero attached hydrogens (tertiary/aromatic N) is 2. The number of pyridine rings is 1. The Bertz CT molecular complexity index is 1410. The van der Waals surface area contributed by atoms with Gasteiger partial charge in [0.25, 0.3) is 5.56 Å². The van der Waals surface area contributed by atoms with E-state index in [1.165, 1.54) is 17.7 Å². The number of methoxy groups -OCH3 is 1. The maximum absolute atomic E-state index is 14.0. The number of benzene rings is 2. The molecule has 2 aromatic carbocycles. The van der Waals surface area contributed by atoms with Crippen molar-refractivity contribution < 1.29 is 17.5 Å². The molecule has 0 saturated heterocycles. The standard InChI is InChI=1S/C24H23FN2O4S/c1-4-32(29,30)14-15-5-7-18-19(9-15)20-13-27(2)23(28)11-17(20)12-26-24(18)16-6-8-21(25)22(10-16)31-3/h5-11,13H,4,12,14H2,1-3H3. The molecule has 1 aliphatic heterocycles. The summed E-state index contributed by atoms with van der Waals surface area (Å²) in [6, 6.07) is 11.5. The molecule has 0 amide bonds. The highest BCUT2D eigenvalue weighted by Gasteiger charge is 2.22. The van der Waals surface area contributed by atoms with E-state index in [2.05, 4.69) is 0 Å². The van der Waals surface area contributed by atoms with E-state index in [1.807, 2.05) is 12.1 Å². The van der Waals surface area contributed by atoms with Gasteiger partial charge in [0.05, 0.1) is 25.1 Å². The maximum Gasteiger partial charge on any atom is 0.250 e. The molecule has 0 bridgehead atoms. The molecule has 166 valence electrons. The molecule has 0 fully saturated rings. The summed E-state index contributed by atoms with van der Waals surface area (Å²) in [6.45, 7) is 1.88. The van der Waals surface area contributed by atoms with Gasteiger partial charge in [0, 0.05) is 41.8 Å². The first-order valence-electron chi connectivity index (χ1n) is 10.1. The number of fused-ring (bicyclic) bond motifs is 3. The summed E-state index contributed by atoms with van der Waals surface area (Å²) < 4.78 is 45.1. The highest BCUT2D eigenvalue weighted by molar-refractivity contribution is 7.90. The lowest BCUT2D eigenvalue weighted by molar-refractivity contribution is 0.386. The SMILES string of the molecule is CCS(=O)(=O)Cc1ccc2c(c1)-c1cn(C)c(=O)cc1CN=C2c1ccc(F)c(OC)c1. The Kier molecular flexibility index (Phi) is 5.73. The van der Waals surface area contributed by atoms with Crippen LogP contribution in [0.2, 0.25) is 0 Å². The zero-order chi connectivity index (χ0) is 23.0. The lowest BCUT2D eigenvalue weighted by Crippen LogP contribution is -2.16. The van der Waals surface area contributed by atoms with Crippen molar-refractivity contribution in [2.75, 3.05) is 12.9 Å². The number of hydrogen-bond donors (Lipinski definition) is 0. The van der Waals surface area contributed by atoms with Gasteiger partial charge < -0.3 is 9.30 Å². The Morgan fingerprint density at radius 3 is 2.59 bits per heavy atom. The summed E-state index contributed by atoms with van der Waals surface area (Å²) in [5.74, 6) is -0.393. The van der Waals surface area contributed by atoms with Gasteiger partial charge in [-0.15, -0.1) is 0 Å². The van der Waals surface area contributed by atoms with Crippen molar-refractivity contribution in [2.24, 2.45) is 12.0 Å². The van der Waals surface area contributed by atoms with Crippen molar-refractivity contribution in [2.45, 2.75) is 19.2 Å². The van der Waals surface area contributed by atoms with Crippen LogP contribution in [0.25, 0.3) is 11.1 Å². The summed E-state index contributed by atoms with van der Waals surface area (Å²) in [7, 11) is -0.152. The van der Waals surface area contributed by atoms with Crippen LogP contribution in [0.3, 0.4) is 0 Å². The molecule has 0 saturated carbocycles. The number of aromatic nitrogens is 1. The van der Waals surface area contributed by atoms with Crippen molar-refractivity contribution in [3.63, 3.8) is 0 Å². The highest BCUT2D eigenvalue weighted by atomic mass is 32.2. The minimum Gasteiger partial charge on any atom is -0.494 e. The maximum atomic E-state index is 14.0. The number of sulfone groups is 1. The molecule has 0 aliphatic carbocycles. The highest BCUT2D eigenvalue weighted by Crippen LogP contribution is 2.34. The molecule has 0 radical (unpaired) electrons. The van der Waals surface area contributed by atoms with Crippen LogP contribution in [0.4, 0.5) is 4.39 Å². The lowest BCUT2D eigenvalue weighted by atomic mass is 9.91. The Hall–Kier alpha value is -3.26. The van der Waals surface area contributed by atoms with Crippen LogP contribution in [0.5, 0.6) is 5.75 Å². The number of ether oxygens (including phenoxy) is 1. The predicted molar refractivity (Wildman–Crippen MR) is 123 cm³/mol. The molecular formula is C24H23FN2O4S. The Morgan fingerprint density at radius 2 is 1.88 bits per heavy atom. The average Bonchev–Trinajstić information content (AvgIpc) is 2.91. The minimum absolute atomic E-state index is 0.0528. The summed E-state index contributed by atoms with van der Waals surface area (Å²) >= 11 is 0. The van der Waals surface area contributed by atoms with Crippen LogP contribution in [0.1, 0.15) is 29.2 Å². The first kappa shape index (κ1) is 22.0. The molecule has 0 unspecified atom stereocenters. The van der Waals surface area contributed by atoms with E-state index in [0.717, 1.165) is 22.3 Å². The minimum atomic E-state index is -3.22. The van der Waals surface area contributed by atoms with E-state index >= 15 is 0 Å². The third-order valence-corrected chi connectivity index (χ3v) is 7.25. The van der Waals surface area contributed by atoms with Crippen molar-refractivity contribution in [1.82, 2.24) is 4.57 Å². The van der Waals surface area contributed by atoms with E-state index in [4.69, 9.17) is 9.73 Å². The van der Waals surface area contributed by atoms with E-state index in [0.29, 0.717) is 16.8 Å². The van der Waals surface area contributed by atoms with Crippen LogP contribution >= 0.6 is 0 Å². The Labute approximate surface area is 185 Å². The third kappa shape index (κ3) is 4.10. The summed E-state index contributed by atoms with van der Waals surface area (Å²) in [4.78, 5) is 17.0. The summed E-state index contributed by atoms with van der Waals surface area (Å²) in [5, 5.41) is 0. The van der Waals surface area contributed by atoms with Gasteiger partial charge in [-0.25, -0.2) is 12.8 Å². The van der Waals surface area contributed by atoms with Crippen LogP contribution in [-0.4, -0.2) is 31.6 Å². The van der Waals surface area contributed by atoms with Crippen molar-refractivity contribution in [1.29, 1.82) is 0 Å². The number of halogens is 1. The Balaban J connectivity index is 1.96. The number of aryl methyl sites for hydroxylation is 1. The van der Waals surface area contributed by atoms with Crippen LogP contribution in [-0.2, 0) is 29.2 Å². The van der Waals surface area contributed by atoms with Crippen molar-refractivity contribution in [3.8, 4) is 16.9 Å². The first-order valence-corrected chi connectivity index (χ1v) is 12.0. The fourth-order valence-electron chi connectivity index (χ4n) is 3.81. The van der Waals surface area contributed by atoms with Crippen LogP contribution in [0.15, 0.2) is 58.4 Å². The molecule has 32 heavy (non-hydrogen) atoms. The summed E-state index contributed by atoms with van der Waals surface area (Å²) in [6.07, 6.45) is 1.75. The van der Waals surface area contributed by atoms with E-state index in [1.54, 1.807) is 44.4 Å². The quantitative estimate of drug-likeness (QED) is 0.591. The third-order valence-electron chi connectivity index (χ3n) is 5.60. The van der Waals surface area contributed by atoms with Crippen molar-refractivity contribution >= 4 is 15.5 Å². The molecular weight excluding hydrogens is 431 g/mol.